The Hall–Kier alpha value is -1.35. The third-order valence-corrected chi connectivity index (χ3v) is 4.89. The summed E-state index contributed by atoms with van der Waals surface area (Å²) in [5.74, 6) is 0.662. The van der Waals surface area contributed by atoms with E-state index in [0.29, 0.717) is 5.91 Å². The van der Waals surface area contributed by atoms with Crippen LogP contribution in [0.1, 0.15) is 50.1 Å². The molecule has 1 saturated carbocycles. The number of rotatable bonds is 2. The van der Waals surface area contributed by atoms with Crippen molar-refractivity contribution >= 4 is 5.91 Å². The molecule has 1 aliphatic carbocycles. The van der Waals surface area contributed by atoms with Crippen LogP contribution in [0.2, 0.25) is 0 Å². The highest BCUT2D eigenvalue weighted by Crippen LogP contribution is 2.30. The molecule has 2 aliphatic rings. The molecule has 1 amide bonds. The van der Waals surface area contributed by atoms with E-state index in [2.05, 4.69) is 34.5 Å². The molecule has 1 unspecified atom stereocenters. The minimum Gasteiger partial charge on any atom is -0.334 e. The van der Waals surface area contributed by atoms with Crippen LogP contribution in [-0.2, 0) is 4.79 Å². The van der Waals surface area contributed by atoms with Gasteiger partial charge in [0.15, 0.2) is 0 Å². The van der Waals surface area contributed by atoms with Crippen LogP contribution in [0, 0.1) is 5.92 Å². The lowest BCUT2D eigenvalue weighted by Gasteiger charge is -2.34. The summed E-state index contributed by atoms with van der Waals surface area (Å²) in [7, 11) is 0. The van der Waals surface area contributed by atoms with Crippen LogP contribution in [-0.4, -0.2) is 30.4 Å². The molecule has 1 aliphatic heterocycles. The molecule has 2 fully saturated rings. The average Bonchev–Trinajstić information content (AvgIpc) is 2.81. The van der Waals surface area contributed by atoms with Crippen molar-refractivity contribution in [1.29, 1.82) is 0 Å². The smallest absolute Gasteiger partial charge is 0.226 e. The van der Waals surface area contributed by atoms with Gasteiger partial charge in [0.05, 0.1) is 6.04 Å². The Morgan fingerprint density at radius 2 is 1.81 bits per heavy atom. The minimum atomic E-state index is 0.197. The van der Waals surface area contributed by atoms with E-state index in [1.165, 1.54) is 24.8 Å². The lowest BCUT2D eigenvalue weighted by molar-refractivity contribution is -0.138. The van der Waals surface area contributed by atoms with Crippen LogP contribution >= 0.6 is 0 Å². The number of carbonyl (C=O) groups is 1. The maximum atomic E-state index is 13.0. The van der Waals surface area contributed by atoms with Gasteiger partial charge in [-0.2, -0.15) is 0 Å². The van der Waals surface area contributed by atoms with Crippen molar-refractivity contribution < 1.29 is 4.79 Å². The zero-order chi connectivity index (χ0) is 14.5. The van der Waals surface area contributed by atoms with Gasteiger partial charge in [0.2, 0.25) is 5.91 Å². The minimum absolute atomic E-state index is 0.197. The predicted molar refractivity (Wildman–Crippen MR) is 85.0 cm³/mol. The number of amides is 1. The first-order valence-corrected chi connectivity index (χ1v) is 8.42. The van der Waals surface area contributed by atoms with Gasteiger partial charge in [-0.25, -0.2) is 0 Å². The Morgan fingerprint density at radius 1 is 1.05 bits per heavy atom. The monoisotopic (exact) mass is 286 g/mol. The van der Waals surface area contributed by atoms with E-state index < -0.39 is 0 Å². The van der Waals surface area contributed by atoms with Crippen molar-refractivity contribution in [1.82, 2.24) is 10.2 Å². The van der Waals surface area contributed by atoms with Crippen LogP contribution in [0.3, 0.4) is 0 Å². The molecule has 1 heterocycles. The van der Waals surface area contributed by atoms with Crippen molar-refractivity contribution in [2.75, 3.05) is 19.6 Å². The lowest BCUT2D eigenvalue weighted by Crippen LogP contribution is -2.41. The van der Waals surface area contributed by atoms with Gasteiger partial charge in [-0.1, -0.05) is 49.6 Å². The highest BCUT2D eigenvalue weighted by molar-refractivity contribution is 5.79. The normalized spacial score (nSPS) is 24.6. The maximum Gasteiger partial charge on any atom is 0.226 e. The van der Waals surface area contributed by atoms with E-state index in [-0.39, 0.29) is 12.0 Å². The van der Waals surface area contributed by atoms with Gasteiger partial charge >= 0.3 is 0 Å². The average molecular weight is 286 g/mol. The quantitative estimate of drug-likeness (QED) is 0.906. The SMILES string of the molecule is O=C(C1CCCCC1)N1CCCNCC1c1ccccc1. The van der Waals surface area contributed by atoms with Crippen molar-refractivity contribution in [2.45, 2.75) is 44.6 Å². The van der Waals surface area contributed by atoms with Crippen molar-refractivity contribution in [3.05, 3.63) is 35.9 Å². The molecule has 1 N–H and O–H groups in total. The fraction of sp³-hybridized carbons (Fsp3) is 0.611. The standard InChI is InChI=1S/C18H26N2O/c21-18(16-10-5-2-6-11-16)20-13-7-12-19-14-17(20)15-8-3-1-4-9-15/h1,3-4,8-9,16-17,19H,2,5-7,10-14H2. The first-order chi connectivity index (χ1) is 10.4. The van der Waals surface area contributed by atoms with E-state index in [1.807, 2.05) is 6.07 Å². The molecule has 1 aromatic rings. The topological polar surface area (TPSA) is 32.3 Å². The van der Waals surface area contributed by atoms with Crippen LogP contribution in [0.25, 0.3) is 0 Å². The van der Waals surface area contributed by atoms with Crippen LogP contribution < -0.4 is 5.32 Å². The molecule has 0 spiro atoms. The Morgan fingerprint density at radius 3 is 2.57 bits per heavy atom. The first kappa shape index (κ1) is 14.6. The summed E-state index contributed by atoms with van der Waals surface area (Å²) in [5, 5.41) is 3.49. The summed E-state index contributed by atoms with van der Waals surface area (Å²) in [6, 6.07) is 10.7. The van der Waals surface area contributed by atoms with E-state index in [0.717, 1.165) is 38.9 Å². The zero-order valence-corrected chi connectivity index (χ0v) is 12.8. The van der Waals surface area contributed by atoms with Crippen molar-refractivity contribution in [3.8, 4) is 0 Å². The van der Waals surface area contributed by atoms with Gasteiger partial charge in [0, 0.05) is 19.0 Å². The Labute approximate surface area is 127 Å². The fourth-order valence-corrected chi connectivity index (χ4v) is 3.70. The summed E-state index contributed by atoms with van der Waals surface area (Å²) in [6.45, 7) is 2.78. The van der Waals surface area contributed by atoms with Gasteiger partial charge in [-0.15, -0.1) is 0 Å². The molecule has 3 nitrogen and oxygen atoms in total. The molecular formula is C18H26N2O. The first-order valence-electron chi connectivity index (χ1n) is 8.42. The maximum absolute atomic E-state index is 13.0. The van der Waals surface area contributed by atoms with Crippen molar-refractivity contribution in [3.63, 3.8) is 0 Å². The second-order valence-corrected chi connectivity index (χ2v) is 6.35. The summed E-state index contributed by atoms with van der Waals surface area (Å²) < 4.78 is 0. The lowest BCUT2D eigenvalue weighted by atomic mass is 9.87. The largest absolute Gasteiger partial charge is 0.334 e. The van der Waals surface area contributed by atoms with Crippen molar-refractivity contribution in [2.24, 2.45) is 5.92 Å². The molecule has 1 atom stereocenters. The molecule has 21 heavy (non-hydrogen) atoms. The van der Waals surface area contributed by atoms with Gasteiger partial charge in [-0.05, 0) is 31.4 Å². The number of hydrogen-bond donors (Lipinski definition) is 1. The van der Waals surface area contributed by atoms with Crippen LogP contribution in [0.15, 0.2) is 30.3 Å². The summed E-state index contributed by atoms with van der Waals surface area (Å²) in [6.07, 6.45) is 6.97. The van der Waals surface area contributed by atoms with Crippen LogP contribution in [0.5, 0.6) is 0 Å². The molecule has 0 radical (unpaired) electrons. The molecule has 0 bridgehead atoms. The summed E-state index contributed by atoms with van der Waals surface area (Å²) in [5.41, 5.74) is 1.26. The molecule has 114 valence electrons. The molecule has 1 saturated heterocycles. The molecule has 1 aromatic carbocycles. The van der Waals surface area contributed by atoms with Gasteiger partial charge in [0.1, 0.15) is 0 Å². The van der Waals surface area contributed by atoms with E-state index in [4.69, 9.17) is 0 Å². The van der Waals surface area contributed by atoms with E-state index >= 15 is 0 Å². The molecular weight excluding hydrogens is 260 g/mol. The molecule has 0 aromatic heterocycles. The van der Waals surface area contributed by atoms with Gasteiger partial charge in [-0.3, -0.25) is 4.79 Å². The number of nitrogens with zero attached hydrogens (tertiary/aromatic N) is 1. The number of nitrogens with one attached hydrogen (secondary N) is 1. The second kappa shape index (κ2) is 7.08. The summed E-state index contributed by atoms with van der Waals surface area (Å²) in [4.78, 5) is 15.1. The second-order valence-electron chi connectivity index (χ2n) is 6.35. The van der Waals surface area contributed by atoms with Gasteiger partial charge in [0.25, 0.3) is 0 Å². The van der Waals surface area contributed by atoms with E-state index in [1.54, 1.807) is 0 Å². The zero-order valence-electron chi connectivity index (χ0n) is 12.8. The molecule has 3 rings (SSSR count). The number of benzene rings is 1. The Balaban J connectivity index is 1.79. The number of carbonyl (C=O) groups excluding carboxylic acids is 1. The fourth-order valence-electron chi connectivity index (χ4n) is 3.70. The van der Waals surface area contributed by atoms with Crippen LogP contribution in [0.4, 0.5) is 0 Å². The third-order valence-electron chi connectivity index (χ3n) is 4.89. The Bertz CT molecular complexity index is 454. The highest BCUT2D eigenvalue weighted by Gasteiger charge is 2.31. The Kier molecular flexibility index (Phi) is 4.91. The number of hydrogen-bond acceptors (Lipinski definition) is 2. The summed E-state index contributed by atoms with van der Waals surface area (Å²) >= 11 is 0. The van der Waals surface area contributed by atoms with Gasteiger partial charge < -0.3 is 10.2 Å². The third kappa shape index (κ3) is 3.46. The highest BCUT2D eigenvalue weighted by atomic mass is 16.2. The molecule has 3 heteroatoms. The predicted octanol–water partition coefficient (Wildman–Crippen LogP) is 3.13. The van der Waals surface area contributed by atoms with E-state index in [9.17, 15) is 4.79 Å².